The SMILES string of the molecule is c1ccc(-c2ccc3cc(N(c4ccccc4)c4ccc5c(c4)oc4cccc(-c6nc(-c7ccccc7)nc(-c7ccccc7)n6)c45)ccc3c2)cc1. The number of fused-ring (bicyclic) bond motifs is 4. The van der Waals surface area contributed by atoms with Crippen LogP contribution in [-0.2, 0) is 0 Å². The van der Waals surface area contributed by atoms with E-state index in [0.29, 0.717) is 17.5 Å². The van der Waals surface area contributed by atoms with E-state index in [2.05, 4.69) is 120 Å². The van der Waals surface area contributed by atoms with Crippen molar-refractivity contribution in [3.8, 4) is 45.3 Å². The summed E-state index contributed by atoms with van der Waals surface area (Å²) in [6, 6.07) is 67.0. The van der Waals surface area contributed by atoms with E-state index in [1.807, 2.05) is 78.9 Å². The second-order valence-electron chi connectivity index (χ2n) is 13.3. The van der Waals surface area contributed by atoms with Gasteiger partial charge in [-0.1, -0.05) is 140 Å². The number of anilines is 3. The van der Waals surface area contributed by atoms with Crippen LogP contribution in [0.4, 0.5) is 17.1 Å². The van der Waals surface area contributed by atoms with Crippen LogP contribution < -0.4 is 4.90 Å². The summed E-state index contributed by atoms with van der Waals surface area (Å²) in [5.74, 6) is 1.84. The predicted octanol–water partition coefficient (Wildman–Crippen LogP) is 13.1. The Hall–Kier alpha value is -7.37. The van der Waals surface area contributed by atoms with E-state index in [0.717, 1.165) is 55.7 Å². The lowest BCUT2D eigenvalue weighted by atomic mass is 10.0. The van der Waals surface area contributed by atoms with Crippen molar-refractivity contribution in [2.24, 2.45) is 0 Å². The number of aromatic nitrogens is 3. The van der Waals surface area contributed by atoms with Crippen LogP contribution in [0.5, 0.6) is 0 Å². The number of benzene rings is 8. The molecule has 0 N–H and O–H groups in total. The van der Waals surface area contributed by atoms with Gasteiger partial charge in [0.25, 0.3) is 0 Å². The summed E-state index contributed by atoms with van der Waals surface area (Å²) in [6.07, 6.45) is 0. The number of para-hydroxylation sites is 1. The van der Waals surface area contributed by atoms with Gasteiger partial charge in [0.05, 0.1) is 0 Å². The highest BCUT2D eigenvalue weighted by atomic mass is 16.3. The molecular formula is C49H32N4O. The van der Waals surface area contributed by atoms with E-state index in [4.69, 9.17) is 19.4 Å². The Labute approximate surface area is 312 Å². The molecular weight excluding hydrogens is 661 g/mol. The van der Waals surface area contributed by atoms with Crippen molar-refractivity contribution in [1.29, 1.82) is 0 Å². The third-order valence-corrected chi connectivity index (χ3v) is 9.88. The van der Waals surface area contributed by atoms with Crippen LogP contribution in [0.3, 0.4) is 0 Å². The molecule has 54 heavy (non-hydrogen) atoms. The Morgan fingerprint density at radius 1 is 0.352 bits per heavy atom. The van der Waals surface area contributed by atoms with Gasteiger partial charge in [-0.3, -0.25) is 0 Å². The molecule has 5 nitrogen and oxygen atoms in total. The molecule has 0 amide bonds. The number of hydrogen-bond donors (Lipinski definition) is 0. The van der Waals surface area contributed by atoms with Crippen LogP contribution in [0.25, 0.3) is 78.0 Å². The predicted molar refractivity (Wildman–Crippen MR) is 221 cm³/mol. The molecule has 0 saturated heterocycles. The lowest BCUT2D eigenvalue weighted by Gasteiger charge is -2.25. The molecule has 0 radical (unpaired) electrons. The number of furan rings is 1. The maximum absolute atomic E-state index is 6.63. The molecule has 10 rings (SSSR count). The van der Waals surface area contributed by atoms with Crippen molar-refractivity contribution in [1.82, 2.24) is 15.0 Å². The Bertz CT molecular complexity index is 2870. The van der Waals surface area contributed by atoms with E-state index in [9.17, 15) is 0 Å². The molecule has 8 aromatic carbocycles. The average molecular weight is 693 g/mol. The lowest BCUT2D eigenvalue weighted by molar-refractivity contribution is 0.669. The minimum atomic E-state index is 0.595. The molecule has 10 aromatic rings. The highest BCUT2D eigenvalue weighted by Gasteiger charge is 2.20. The van der Waals surface area contributed by atoms with Crippen molar-refractivity contribution in [2.75, 3.05) is 4.90 Å². The molecule has 0 unspecified atom stereocenters. The fourth-order valence-corrected chi connectivity index (χ4v) is 7.28. The first-order chi connectivity index (χ1) is 26.7. The maximum Gasteiger partial charge on any atom is 0.164 e. The zero-order valence-corrected chi connectivity index (χ0v) is 29.2. The van der Waals surface area contributed by atoms with Crippen LogP contribution in [-0.4, -0.2) is 15.0 Å². The Morgan fingerprint density at radius 3 is 1.59 bits per heavy atom. The minimum Gasteiger partial charge on any atom is -0.456 e. The molecule has 0 atom stereocenters. The quantitative estimate of drug-likeness (QED) is 0.166. The van der Waals surface area contributed by atoms with Gasteiger partial charge in [-0.15, -0.1) is 0 Å². The van der Waals surface area contributed by atoms with E-state index >= 15 is 0 Å². The third kappa shape index (κ3) is 5.74. The monoisotopic (exact) mass is 692 g/mol. The molecule has 0 fully saturated rings. The third-order valence-electron chi connectivity index (χ3n) is 9.88. The normalized spacial score (nSPS) is 11.3. The van der Waals surface area contributed by atoms with Crippen LogP contribution in [0, 0.1) is 0 Å². The first kappa shape index (κ1) is 31.4. The van der Waals surface area contributed by atoms with Crippen molar-refractivity contribution >= 4 is 49.8 Å². The Kier molecular flexibility index (Phi) is 7.73. The van der Waals surface area contributed by atoms with E-state index in [1.165, 1.54) is 21.9 Å². The first-order valence-electron chi connectivity index (χ1n) is 18.0. The summed E-state index contributed by atoms with van der Waals surface area (Å²) in [4.78, 5) is 17.3. The smallest absolute Gasteiger partial charge is 0.164 e. The van der Waals surface area contributed by atoms with Crippen molar-refractivity contribution in [3.63, 3.8) is 0 Å². The van der Waals surface area contributed by atoms with Gasteiger partial charge in [-0.25, -0.2) is 15.0 Å². The number of rotatable bonds is 7. The molecule has 0 bridgehead atoms. The largest absolute Gasteiger partial charge is 0.456 e. The zero-order valence-electron chi connectivity index (χ0n) is 29.2. The van der Waals surface area contributed by atoms with Crippen LogP contribution >= 0.6 is 0 Å². The van der Waals surface area contributed by atoms with Gasteiger partial charge in [0.2, 0.25) is 0 Å². The molecule has 0 saturated carbocycles. The van der Waals surface area contributed by atoms with Gasteiger partial charge >= 0.3 is 0 Å². The molecule has 0 spiro atoms. The van der Waals surface area contributed by atoms with E-state index < -0.39 is 0 Å². The van der Waals surface area contributed by atoms with E-state index in [1.54, 1.807) is 0 Å². The molecule has 0 aliphatic rings. The van der Waals surface area contributed by atoms with Crippen LogP contribution in [0.2, 0.25) is 0 Å². The van der Waals surface area contributed by atoms with Crippen molar-refractivity contribution < 1.29 is 4.42 Å². The summed E-state index contributed by atoms with van der Waals surface area (Å²) < 4.78 is 6.63. The fourth-order valence-electron chi connectivity index (χ4n) is 7.28. The van der Waals surface area contributed by atoms with Gasteiger partial charge in [-0.05, 0) is 70.4 Å². The minimum absolute atomic E-state index is 0.595. The van der Waals surface area contributed by atoms with Crippen LogP contribution in [0.1, 0.15) is 0 Å². The van der Waals surface area contributed by atoms with Crippen molar-refractivity contribution in [2.45, 2.75) is 0 Å². The van der Waals surface area contributed by atoms with Gasteiger partial charge in [0, 0.05) is 50.6 Å². The van der Waals surface area contributed by atoms with Gasteiger partial charge < -0.3 is 9.32 Å². The molecule has 5 heteroatoms. The average Bonchev–Trinajstić information content (AvgIpc) is 3.63. The van der Waals surface area contributed by atoms with Gasteiger partial charge in [0.1, 0.15) is 11.2 Å². The van der Waals surface area contributed by atoms with Gasteiger partial charge in [0.15, 0.2) is 17.5 Å². The van der Waals surface area contributed by atoms with Crippen molar-refractivity contribution in [3.05, 3.63) is 194 Å². The zero-order chi connectivity index (χ0) is 35.8. The first-order valence-corrected chi connectivity index (χ1v) is 18.0. The Morgan fingerprint density at radius 2 is 0.907 bits per heavy atom. The molecule has 254 valence electrons. The summed E-state index contributed by atoms with van der Waals surface area (Å²) >= 11 is 0. The second kappa shape index (κ2) is 13.3. The topological polar surface area (TPSA) is 55.1 Å². The summed E-state index contributed by atoms with van der Waals surface area (Å²) in [5, 5.41) is 4.32. The highest BCUT2D eigenvalue weighted by Crippen LogP contribution is 2.42. The summed E-state index contributed by atoms with van der Waals surface area (Å²) in [6.45, 7) is 0. The maximum atomic E-state index is 6.63. The fraction of sp³-hybridized carbons (Fsp3) is 0. The Balaban J connectivity index is 1.10. The standard InChI is InChI=1S/C49H32N4O/c1-5-14-33(15-6-1)36-24-25-38-31-40(27-26-37(38)30-36)53(39-20-11-4-12-21-39)41-28-29-42-45(32-41)54-44-23-13-22-43(46(42)44)49-51-47(34-16-7-2-8-17-34)50-48(52-49)35-18-9-3-10-19-35/h1-32H. The highest BCUT2D eigenvalue weighted by molar-refractivity contribution is 6.12. The number of hydrogen-bond acceptors (Lipinski definition) is 5. The molecule has 0 aliphatic heterocycles. The lowest BCUT2D eigenvalue weighted by Crippen LogP contribution is -2.09. The molecule has 0 aliphatic carbocycles. The molecule has 2 heterocycles. The number of nitrogens with zero attached hydrogens (tertiary/aromatic N) is 4. The van der Waals surface area contributed by atoms with Gasteiger partial charge in [-0.2, -0.15) is 0 Å². The summed E-state index contributed by atoms with van der Waals surface area (Å²) in [5.41, 5.74) is 9.82. The summed E-state index contributed by atoms with van der Waals surface area (Å²) in [7, 11) is 0. The van der Waals surface area contributed by atoms with Crippen LogP contribution in [0.15, 0.2) is 199 Å². The molecule has 2 aromatic heterocycles. The van der Waals surface area contributed by atoms with E-state index in [-0.39, 0.29) is 0 Å². The second-order valence-corrected chi connectivity index (χ2v) is 13.3.